The van der Waals surface area contributed by atoms with Crippen LogP contribution in [0.3, 0.4) is 0 Å². The average molecular weight is 823 g/mol. The minimum Gasteiger partial charge on any atom is -0.454 e. The van der Waals surface area contributed by atoms with Gasteiger partial charge in [-0.3, -0.25) is 0 Å². The number of hydrogen-bond donors (Lipinski definition) is 0. The maximum Gasteiger partial charge on any atom is 0.164 e. The molecule has 5 nitrogen and oxygen atoms in total. The highest BCUT2D eigenvalue weighted by Crippen LogP contribution is 2.45. The molecule has 0 aliphatic carbocycles. The first-order valence-electron chi connectivity index (χ1n) is 21.1. The van der Waals surface area contributed by atoms with E-state index in [1.54, 1.807) is 0 Å². The van der Waals surface area contributed by atoms with Crippen LogP contribution in [0.2, 0.25) is 0 Å². The quantitative estimate of drug-likeness (QED) is 0.168. The molecule has 6 heteroatoms. The van der Waals surface area contributed by atoms with Gasteiger partial charge in [-0.15, -0.1) is 11.3 Å². The predicted octanol–water partition coefficient (Wildman–Crippen LogP) is 15.6. The van der Waals surface area contributed by atoms with Crippen LogP contribution in [-0.4, -0.2) is 19.5 Å². The largest absolute Gasteiger partial charge is 0.454 e. The van der Waals surface area contributed by atoms with Crippen LogP contribution in [0.4, 0.5) is 0 Å². The maximum atomic E-state index is 7.20. The highest BCUT2D eigenvalue weighted by atomic mass is 32.1. The molecule has 0 saturated heterocycles. The van der Waals surface area contributed by atoms with Gasteiger partial charge in [-0.1, -0.05) is 158 Å². The molecule has 0 spiro atoms. The van der Waals surface area contributed by atoms with Crippen molar-refractivity contribution in [2.45, 2.75) is 0 Å². The van der Waals surface area contributed by atoms with Gasteiger partial charge in [0.15, 0.2) is 23.1 Å². The van der Waals surface area contributed by atoms with Crippen molar-refractivity contribution in [1.29, 1.82) is 0 Å². The van der Waals surface area contributed by atoms with Gasteiger partial charge >= 0.3 is 0 Å². The molecule has 0 aliphatic rings. The maximum absolute atomic E-state index is 7.20. The van der Waals surface area contributed by atoms with Crippen LogP contribution in [0.25, 0.3) is 126 Å². The Morgan fingerprint density at radius 2 is 0.952 bits per heavy atom. The Labute approximate surface area is 365 Å². The van der Waals surface area contributed by atoms with Gasteiger partial charge in [-0.25, -0.2) is 15.0 Å². The molecule has 0 amide bonds. The van der Waals surface area contributed by atoms with E-state index in [1.165, 1.54) is 42.1 Å². The second-order valence-electron chi connectivity index (χ2n) is 16.0. The van der Waals surface area contributed by atoms with Crippen LogP contribution in [0.5, 0.6) is 0 Å². The third-order valence-corrected chi connectivity index (χ3v) is 13.4. The summed E-state index contributed by atoms with van der Waals surface area (Å²) in [4.78, 5) is 15.6. The first-order valence-corrected chi connectivity index (χ1v) is 21.9. The molecular weight excluding hydrogens is 789 g/mol. The molecule has 13 aromatic rings. The zero-order chi connectivity index (χ0) is 41.4. The predicted molar refractivity (Wildman–Crippen MR) is 262 cm³/mol. The summed E-state index contributed by atoms with van der Waals surface area (Å²) < 4.78 is 12.1. The van der Waals surface area contributed by atoms with Gasteiger partial charge in [0.05, 0.1) is 16.7 Å². The molecule has 4 heterocycles. The Morgan fingerprint density at radius 1 is 0.365 bits per heavy atom. The average Bonchev–Trinajstić information content (AvgIpc) is 4.03. The van der Waals surface area contributed by atoms with E-state index < -0.39 is 0 Å². The van der Waals surface area contributed by atoms with E-state index in [0.717, 1.165) is 66.5 Å². The second kappa shape index (κ2) is 14.2. The van der Waals surface area contributed by atoms with Crippen molar-refractivity contribution >= 4 is 75.3 Å². The summed E-state index contributed by atoms with van der Waals surface area (Å²) in [6, 6.07) is 72.6. The van der Waals surface area contributed by atoms with Crippen LogP contribution in [-0.2, 0) is 0 Å². The SMILES string of the molecule is c1ccc(-c2ccc3c(c2)c2ccccc2n3-c2cccc3c2oc2cc(-c4ccc5c(c4)sc4ccccc45)cc(-c4nc(-c5ccccc5)nc(-c5ccccc5)n4)c23)cc1. The lowest BCUT2D eigenvalue weighted by molar-refractivity contribution is 0.666. The number of furan rings is 1. The number of para-hydroxylation sites is 2. The van der Waals surface area contributed by atoms with Gasteiger partial charge in [0.1, 0.15) is 5.58 Å². The van der Waals surface area contributed by atoms with Crippen molar-refractivity contribution < 1.29 is 4.42 Å². The van der Waals surface area contributed by atoms with Gasteiger partial charge < -0.3 is 8.98 Å². The number of nitrogens with zero attached hydrogens (tertiary/aromatic N) is 4. The van der Waals surface area contributed by atoms with E-state index in [4.69, 9.17) is 19.4 Å². The molecule has 0 radical (unpaired) electrons. The van der Waals surface area contributed by atoms with Gasteiger partial charge in [-0.05, 0) is 70.8 Å². The number of benzene rings is 9. The van der Waals surface area contributed by atoms with Crippen molar-refractivity contribution in [2.24, 2.45) is 0 Å². The van der Waals surface area contributed by atoms with E-state index in [-0.39, 0.29) is 0 Å². The van der Waals surface area contributed by atoms with E-state index in [2.05, 4.69) is 150 Å². The summed E-state index contributed by atoms with van der Waals surface area (Å²) in [5, 5.41) is 6.84. The zero-order valence-electron chi connectivity index (χ0n) is 33.7. The van der Waals surface area contributed by atoms with E-state index in [1.807, 2.05) is 72.0 Å². The number of rotatable bonds is 6. The van der Waals surface area contributed by atoms with Crippen LogP contribution in [0.15, 0.2) is 211 Å². The summed E-state index contributed by atoms with van der Waals surface area (Å²) in [6.07, 6.45) is 0. The highest BCUT2D eigenvalue weighted by Gasteiger charge is 2.23. The van der Waals surface area contributed by atoms with Gasteiger partial charge in [0, 0.05) is 58.4 Å². The van der Waals surface area contributed by atoms with Crippen LogP contribution in [0, 0.1) is 0 Å². The molecular formula is C57H34N4OS. The Balaban J connectivity index is 1.09. The van der Waals surface area contributed by atoms with E-state index in [0.29, 0.717) is 17.5 Å². The molecule has 0 unspecified atom stereocenters. The zero-order valence-corrected chi connectivity index (χ0v) is 34.6. The van der Waals surface area contributed by atoms with Crippen molar-refractivity contribution in [3.63, 3.8) is 0 Å². The lowest BCUT2D eigenvalue weighted by Gasteiger charge is -2.11. The van der Waals surface area contributed by atoms with Crippen molar-refractivity contribution in [1.82, 2.24) is 19.5 Å². The molecule has 0 N–H and O–H groups in total. The van der Waals surface area contributed by atoms with Crippen molar-refractivity contribution in [2.75, 3.05) is 0 Å². The number of hydrogen-bond acceptors (Lipinski definition) is 5. The van der Waals surface area contributed by atoms with Crippen LogP contribution >= 0.6 is 11.3 Å². The van der Waals surface area contributed by atoms with Crippen molar-refractivity contribution in [3.8, 4) is 62.1 Å². The fraction of sp³-hybridized carbons (Fsp3) is 0. The summed E-state index contributed by atoms with van der Waals surface area (Å²) in [6.45, 7) is 0. The van der Waals surface area contributed by atoms with Crippen LogP contribution in [0.1, 0.15) is 0 Å². The van der Waals surface area contributed by atoms with Crippen molar-refractivity contribution in [3.05, 3.63) is 206 Å². The lowest BCUT2D eigenvalue weighted by Crippen LogP contribution is -2.00. The molecule has 0 bridgehead atoms. The molecule has 13 rings (SSSR count). The molecule has 294 valence electrons. The Kier molecular flexibility index (Phi) is 8.01. The third-order valence-electron chi connectivity index (χ3n) is 12.3. The molecule has 4 aromatic heterocycles. The number of aromatic nitrogens is 4. The normalized spacial score (nSPS) is 11.8. The minimum atomic E-state index is 0.580. The van der Waals surface area contributed by atoms with Gasteiger partial charge in [-0.2, -0.15) is 0 Å². The van der Waals surface area contributed by atoms with Gasteiger partial charge in [0.2, 0.25) is 0 Å². The molecule has 0 fully saturated rings. The molecule has 9 aromatic carbocycles. The Bertz CT molecular complexity index is 3850. The Morgan fingerprint density at radius 3 is 1.71 bits per heavy atom. The third kappa shape index (κ3) is 5.80. The summed E-state index contributed by atoms with van der Waals surface area (Å²) in [7, 11) is 0. The first kappa shape index (κ1) is 35.6. The standard InChI is InChI=1S/C57H34N4OS/c1-4-15-35(16-5-1)38-28-30-48-45(31-38)41-21-10-12-24-47(41)61(48)49-25-14-23-44-53-46(57-59-55(36-17-6-2-7-18-36)58-56(60-57)37-19-8-3-9-20-37)32-40(33-50(53)62-54(44)49)39-27-29-43-42-22-11-13-26-51(42)63-52(43)34-39/h1-34H. The Hall–Kier alpha value is -8.19. The van der Waals surface area contributed by atoms with Gasteiger partial charge in [0.25, 0.3) is 0 Å². The summed E-state index contributed by atoms with van der Waals surface area (Å²) in [5.74, 6) is 1.80. The molecule has 0 atom stereocenters. The fourth-order valence-corrected chi connectivity index (χ4v) is 10.5. The molecule has 63 heavy (non-hydrogen) atoms. The summed E-state index contributed by atoms with van der Waals surface area (Å²) >= 11 is 1.82. The first-order chi connectivity index (χ1) is 31.2. The second-order valence-corrected chi connectivity index (χ2v) is 17.0. The van der Waals surface area contributed by atoms with E-state index in [9.17, 15) is 0 Å². The summed E-state index contributed by atoms with van der Waals surface area (Å²) in [5.41, 5.74) is 11.9. The van der Waals surface area contributed by atoms with E-state index >= 15 is 0 Å². The topological polar surface area (TPSA) is 56.7 Å². The fourth-order valence-electron chi connectivity index (χ4n) is 9.31. The smallest absolute Gasteiger partial charge is 0.164 e. The number of fused-ring (bicyclic) bond motifs is 9. The monoisotopic (exact) mass is 822 g/mol. The molecule has 0 saturated carbocycles. The number of thiophene rings is 1. The minimum absolute atomic E-state index is 0.580. The molecule has 0 aliphatic heterocycles. The van der Waals surface area contributed by atoms with Crippen LogP contribution < -0.4 is 0 Å². The highest BCUT2D eigenvalue weighted by molar-refractivity contribution is 7.25. The lowest BCUT2D eigenvalue weighted by atomic mass is 9.97.